The lowest BCUT2D eigenvalue weighted by atomic mass is 10.1. The Balaban J connectivity index is 1.81. The lowest BCUT2D eigenvalue weighted by Gasteiger charge is -2.12. The number of aryl methyl sites for hydroxylation is 4. The van der Waals surface area contributed by atoms with Crippen molar-refractivity contribution < 1.29 is 9.59 Å². The summed E-state index contributed by atoms with van der Waals surface area (Å²) in [6.45, 7) is 7.92. The average molecular weight is 356 g/mol. The monoisotopic (exact) mass is 356 g/mol. The van der Waals surface area contributed by atoms with Crippen molar-refractivity contribution in [3.63, 3.8) is 0 Å². The third kappa shape index (κ3) is 5.64. The van der Waals surface area contributed by atoms with Gasteiger partial charge in [0.05, 0.1) is 12.3 Å². The van der Waals surface area contributed by atoms with Crippen LogP contribution in [0.25, 0.3) is 0 Å². The third-order valence-corrected chi connectivity index (χ3v) is 5.05. The number of hydrogen-bond donors (Lipinski definition) is 2. The Morgan fingerprint density at radius 3 is 2.28 bits per heavy atom. The summed E-state index contributed by atoms with van der Waals surface area (Å²) < 4.78 is 0. The molecule has 25 heavy (non-hydrogen) atoms. The van der Waals surface area contributed by atoms with Crippen LogP contribution in [0.3, 0.4) is 0 Å². The van der Waals surface area contributed by atoms with Crippen molar-refractivity contribution in [2.45, 2.75) is 32.6 Å². The maximum Gasteiger partial charge on any atom is 0.243 e. The van der Waals surface area contributed by atoms with Crippen LogP contribution in [0, 0.1) is 27.7 Å². The normalized spacial score (nSPS) is 10.4. The quantitative estimate of drug-likeness (QED) is 0.775. The van der Waals surface area contributed by atoms with Crippen LogP contribution in [0.1, 0.15) is 22.3 Å². The minimum atomic E-state index is -0.220. The third-order valence-electron chi connectivity index (χ3n) is 3.89. The first-order valence-electron chi connectivity index (χ1n) is 8.19. The second-order valence-corrected chi connectivity index (χ2v) is 7.17. The molecule has 2 N–H and O–H groups in total. The zero-order valence-electron chi connectivity index (χ0n) is 15.1. The van der Waals surface area contributed by atoms with Crippen molar-refractivity contribution in [2.75, 3.05) is 17.6 Å². The summed E-state index contributed by atoms with van der Waals surface area (Å²) in [5.74, 6) is -0.0777. The molecule has 2 aromatic rings. The first-order chi connectivity index (χ1) is 11.9. The van der Waals surface area contributed by atoms with E-state index in [1.165, 1.54) is 17.3 Å². The molecule has 0 aromatic heterocycles. The number of carbonyl (C=O) groups excluding carboxylic acids is 2. The Hall–Kier alpha value is -2.27. The van der Waals surface area contributed by atoms with Gasteiger partial charge in [-0.15, -0.1) is 11.8 Å². The van der Waals surface area contributed by atoms with E-state index in [-0.39, 0.29) is 18.4 Å². The number of hydrogen-bond acceptors (Lipinski definition) is 3. The highest BCUT2D eigenvalue weighted by atomic mass is 32.2. The molecular formula is C20H24N2O2S. The van der Waals surface area contributed by atoms with E-state index in [0.29, 0.717) is 5.75 Å². The van der Waals surface area contributed by atoms with Crippen LogP contribution in [0.2, 0.25) is 0 Å². The summed E-state index contributed by atoms with van der Waals surface area (Å²) in [5, 5.41) is 5.54. The van der Waals surface area contributed by atoms with Gasteiger partial charge in [-0.05, 0) is 50.5 Å². The maximum atomic E-state index is 12.1. The van der Waals surface area contributed by atoms with Crippen molar-refractivity contribution in [3.05, 3.63) is 58.7 Å². The van der Waals surface area contributed by atoms with Crippen LogP contribution in [-0.2, 0) is 9.59 Å². The van der Waals surface area contributed by atoms with Gasteiger partial charge in [-0.3, -0.25) is 9.59 Å². The molecule has 5 heteroatoms. The molecule has 0 heterocycles. The van der Waals surface area contributed by atoms with E-state index in [1.54, 1.807) is 0 Å². The summed E-state index contributed by atoms with van der Waals surface area (Å²) in [6.07, 6.45) is 0. The second kappa shape index (κ2) is 8.72. The molecule has 0 fully saturated rings. The standard InChI is InChI=1S/C20H24N2O2S/c1-13-8-9-14(2)17(10-13)25-12-19(24)21-11-18(23)22-20-15(3)6-5-7-16(20)4/h5-10H,11-12H2,1-4H3,(H,21,24)(H,22,23). The van der Waals surface area contributed by atoms with Gasteiger partial charge in [0.25, 0.3) is 0 Å². The molecule has 0 atom stereocenters. The Bertz CT molecular complexity index is 767. The molecule has 2 rings (SSSR count). The van der Waals surface area contributed by atoms with Gasteiger partial charge in [0.1, 0.15) is 0 Å². The molecule has 2 amide bonds. The van der Waals surface area contributed by atoms with E-state index in [0.717, 1.165) is 27.3 Å². The van der Waals surface area contributed by atoms with Crippen molar-refractivity contribution in [1.29, 1.82) is 0 Å². The molecule has 0 unspecified atom stereocenters. The van der Waals surface area contributed by atoms with E-state index >= 15 is 0 Å². The largest absolute Gasteiger partial charge is 0.346 e. The predicted molar refractivity (Wildman–Crippen MR) is 104 cm³/mol. The second-order valence-electron chi connectivity index (χ2n) is 6.15. The number of thioether (sulfide) groups is 1. The van der Waals surface area contributed by atoms with Crippen molar-refractivity contribution >= 4 is 29.3 Å². The number of para-hydroxylation sites is 1. The first-order valence-corrected chi connectivity index (χ1v) is 9.18. The van der Waals surface area contributed by atoms with E-state index in [1.807, 2.05) is 52.0 Å². The lowest BCUT2D eigenvalue weighted by Crippen LogP contribution is -2.34. The van der Waals surface area contributed by atoms with Crippen molar-refractivity contribution in [1.82, 2.24) is 5.32 Å². The van der Waals surface area contributed by atoms with Gasteiger partial charge in [-0.2, -0.15) is 0 Å². The molecule has 132 valence electrons. The fourth-order valence-electron chi connectivity index (χ4n) is 2.43. The fraction of sp³-hybridized carbons (Fsp3) is 0.300. The zero-order valence-corrected chi connectivity index (χ0v) is 15.9. The van der Waals surface area contributed by atoms with E-state index in [9.17, 15) is 9.59 Å². The summed E-state index contributed by atoms with van der Waals surface area (Å²) in [5.41, 5.74) is 5.14. The number of rotatable bonds is 6. The average Bonchev–Trinajstić information content (AvgIpc) is 2.57. The van der Waals surface area contributed by atoms with E-state index in [4.69, 9.17) is 0 Å². The number of amides is 2. The van der Waals surface area contributed by atoms with Gasteiger partial charge in [-0.1, -0.05) is 35.9 Å². The molecule has 0 bridgehead atoms. The Kier molecular flexibility index (Phi) is 6.65. The molecule has 0 aliphatic carbocycles. The smallest absolute Gasteiger partial charge is 0.243 e. The van der Waals surface area contributed by atoms with Gasteiger partial charge in [0.15, 0.2) is 0 Å². The topological polar surface area (TPSA) is 58.2 Å². The van der Waals surface area contributed by atoms with Gasteiger partial charge < -0.3 is 10.6 Å². The van der Waals surface area contributed by atoms with E-state index in [2.05, 4.69) is 22.8 Å². The number of carbonyl (C=O) groups is 2. The van der Waals surface area contributed by atoms with Crippen LogP contribution < -0.4 is 10.6 Å². The highest BCUT2D eigenvalue weighted by Gasteiger charge is 2.10. The van der Waals surface area contributed by atoms with Crippen LogP contribution in [0.15, 0.2) is 41.3 Å². The summed E-state index contributed by atoms with van der Waals surface area (Å²) in [4.78, 5) is 25.1. The number of nitrogens with one attached hydrogen (secondary N) is 2. The molecular weight excluding hydrogens is 332 g/mol. The minimum Gasteiger partial charge on any atom is -0.346 e. The molecule has 0 saturated heterocycles. The van der Waals surface area contributed by atoms with Crippen LogP contribution in [-0.4, -0.2) is 24.1 Å². The summed E-state index contributed by atoms with van der Waals surface area (Å²) >= 11 is 1.49. The fourth-order valence-corrected chi connectivity index (χ4v) is 3.38. The molecule has 0 aliphatic rings. The van der Waals surface area contributed by atoms with E-state index < -0.39 is 0 Å². The number of benzene rings is 2. The highest BCUT2D eigenvalue weighted by molar-refractivity contribution is 8.00. The molecule has 0 saturated carbocycles. The van der Waals surface area contributed by atoms with Crippen LogP contribution >= 0.6 is 11.8 Å². The molecule has 4 nitrogen and oxygen atoms in total. The van der Waals surface area contributed by atoms with Gasteiger partial charge in [0, 0.05) is 10.6 Å². The van der Waals surface area contributed by atoms with Gasteiger partial charge in [-0.25, -0.2) is 0 Å². The molecule has 0 spiro atoms. The molecule has 0 radical (unpaired) electrons. The molecule has 0 aliphatic heterocycles. The predicted octanol–water partition coefficient (Wildman–Crippen LogP) is 3.77. The Morgan fingerprint density at radius 2 is 1.60 bits per heavy atom. The summed E-state index contributed by atoms with van der Waals surface area (Å²) in [6, 6.07) is 12.0. The summed E-state index contributed by atoms with van der Waals surface area (Å²) in [7, 11) is 0. The first kappa shape index (κ1) is 19.1. The van der Waals surface area contributed by atoms with Gasteiger partial charge in [0.2, 0.25) is 11.8 Å². The zero-order chi connectivity index (χ0) is 18.4. The Morgan fingerprint density at radius 1 is 0.920 bits per heavy atom. The van der Waals surface area contributed by atoms with Crippen LogP contribution in [0.4, 0.5) is 5.69 Å². The SMILES string of the molecule is Cc1ccc(C)c(SCC(=O)NCC(=O)Nc2c(C)cccc2C)c1. The van der Waals surface area contributed by atoms with Crippen molar-refractivity contribution in [2.24, 2.45) is 0 Å². The van der Waals surface area contributed by atoms with Crippen LogP contribution in [0.5, 0.6) is 0 Å². The van der Waals surface area contributed by atoms with Gasteiger partial charge >= 0.3 is 0 Å². The minimum absolute atomic E-state index is 0.0278. The lowest BCUT2D eigenvalue weighted by molar-refractivity contribution is -0.122. The Labute approximate surface area is 153 Å². The molecule has 2 aromatic carbocycles. The highest BCUT2D eigenvalue weighted by Crippen LogP contribution is 2.23. The maximum absolute atomic E-state index is 12.1. The number of anilines is 1. The van der Waals surface area contributed by atoms with Crippen molar-refractivity contribution in [3.8, 4) is 0 Å².